The van der Waals surface area contributed by atoms with Gasteiger partial charge in [0.1, 0.15) is 5.75 Å². The molecule has 1 aliphatic carbocycles. The molecule has 2 atom stereocenters. The van der Waals surface area contributed by atoms with Crippen molar-refractivity contribution in [2.45, 2.75) is 45.6 Å². The highest BCUT2D eigenvalue weighted by molar-refractivity contribution is 6.19. The monoisotopic (exact) mass is 276 g/mol. The number of ether oxygens (including phenoxy) is 1. The van der Waals surface area contributed by atoms with Crippen LogP contribution in [0, 0.1) is 24.7 Å². The molecule has 19 heavy (non-hydrogen) atoms. The van der Waals surface area contributed by atoms with Crippen LogP contribution >= 0.6 is 11.6 Å². The first-order valence-electron chi connectivity index (χ1n) is 7.01. The average Bonchev–Trinajstić information content (AvgIpc) is 2.39. The Morgan fingerprint density at radius 1 is 1.37 bits per heavy atom. The predicted octanol–water partition coefficient (Wildman–Crippen LogP) is 4.54. The lowest BCUT2D eigenvalue weighted by molar-refractivity contribution is 0.129. The van der Waals surface area contributed by atoms with Gasteiger partial charge in [-0.25, -0.2) is 0 Å². The number of hydrogen-bond donors (Lipinski definition) is 0. The molecule has 2 heteroatoms. The third-order valence-corrected chi connectivity index (χ3v) is 3.74. The number of benzene rings is 1. The SMILES string of the molecule is Cc1ccc(OC2CCCC(C)C2)c(C#CCCl)c1. The lowest BCUT2D eigenvalue weighted by Gasteiger charge is -2.27. The van der Waals surface area contributed by atoms with E-state index in [0.29, 0.717) is 12.0 Å². The molecule has 1 nitrogen and oxygen atoms in total. The van der Waals surface area contributed by atoms with Gasteiger partial charge in [-0.3, -0.25) is 0 Å². The molecule has 0 aromatic heterocycles. The van der Waals surface area contributed by atoms with Crippen LogP contribution in [0.4, 0.5) is 0 Å². The smallest absolute Gasteiger partial charge is 0.135 e. The molecule has 2 rings (SSSR count). The van der Waals surface area contributed by atoms with Gasteiger partial charge in [0.05, 0.1) is 17.5 Å². The van der Waals surface area contributed by atoms with Gasteiger partial charge in [0.15, 0.2) is 0 Å². The summed E-state index contributed by atoms with van der Waals surface area (Å²) in [4.78, 5) is 0. The molecule has 1 aliphatic rings. The van der Waals surface area contributed by atoms with Crippen molar-refractivity contribution in [2.75, 3.05) is 5.88 Å². The van der Waals surface area contributed by atoms with Crippen LogP contribution < -0.4 is 4.74 Å². The standard InChI is InChI=1S/C17H21ClO/c1-13-5-3-7-16(12-13)19-17-9-8-14(2)11-15(17)6-4-10-18/h8-9,11,13,16H,3,5,7,10,12H2,1-2H3. The first-order chi connectivity index (χ1) is 9.19. The zero-order valence-corrected chi connectivity index (χ0v) is 12.5. The molecule has 1 fully saturated rings. The zero-order valence-electron chi connectivity index (χ0n) is 11.7. The van der Waals surface area contributed by atoms with Crippen molar-refractivity contribution in [3.05, 3.63) is 29.3 Å². The highest BCUT2D eigenvalue weighted by Crippen LogP contribution is 2.29. The van der Waals surface area contributed by atoms with E-state index in [2.05, 4.69) is 37.8 Å². The fourth-order valence-electron chi connectivity index (χ4n) is 2.64. The van der Waals surface area contributed by atoms with Gasteiger partial charge in [-0.05, 0) is 49.8 Å². The average molecular weight is 277 g/mol. The van der Waals surface area contributed by atoms with Gasteiger partial charge in [-0.2, -0.15) is 0 Å². The minimum absolute atomic E-state index is 0.336. The van der Waals surface area contributed by atoms with Gasteiger partial charge in [0.25, 0.3) is 0 Å². The van der Waals surface area contributed by atoms with Crippen molar-refractivity contribution in [3.8, 4) is 17.6 Å². The largest absolute Gasteiger partial charge is 0.489 e. The lowest BCUT2D eigenvalue weighted by atomic mass is 9.88. The molecule has 0 N–H and O–H groups in total. The normalized spacial score (nSPS) is 22.5. The maximum atomic E-state index is 6.16. The second kappa shape index (κ2) is 6.87. The molecule has 0 heterocycles. The van der Waals surface area contributed by atoms with Crippen molar-refractivity contribution in [3.63, 3.8) is 0 Å². The van der Waals surface area contributed by atoms with Gasteiger partial charge >= 0.3 is 0 Å². The van der Waals surface area contributed by atoms with E-state index in [1.54, 1.807) is 0 Å². The number of aryl methyl sites for hydroxylation is 1. The molecule has 0 saturated heterocycles. The topological polar surface area (TPSA) is 9.23 Å². The van der Waals surface area contributed by atoms with Crippen LogP contribution in [0.1, 0.15) is 43.7 Å². The van der Waals surface area contributed by atoms with Gasteiger partial charge in [0, 0.05) is 0 Å². The molecule has 1 aromatic carbocycles. The molecular weight excluding hydrogens is 256 g/mol. The van der Waals surface area contributed by atoms with Crippen molar-refractivity contribution in [1.29, 1.82) is 0 Å². The Morgan fingerprint density at radius 3 is 2.95 bits per heavy atom. The van der Waals surface area contributed by atoms with Crippen LogP contribution in [-0.4, -0.2) is 12.0 Å². The molecule has 2 unspecified atom stereocenters. The molecule has 0 aliphatic heterocycles. The van der Waals surface area contributed by atoms with E-state index in [0.717, 1.165) is 30.1 Å². The summed E-state index contributed by atoms with van der Waals surface area (Å²) in [6, 6.07) is 6.18. The van der Waals surface area contributed by atoms with Crippen LogP contribution in [0.15, 0.2) is 18.2 Å². The first kappa shape index (κ1) is 14.3. The van der Waals surface area contributed by atoms with E-state index < -0.39 is 0 Å². The molecule has 1 saturated carbocycles. The summed E-state index contributed by atoms with van der Waals surface area (Å²) in [6.07, 6.45) is 5.23. The van der Waals surface area contributed by atoms with E-state index >= 15 is 0 Å². The number of halogens is 1. The summed E-state index contributed by atoms with van der Waals surface area (Å²) in [5.41, 5.74) is 2.15. The summed E-state index contributed by atoms with van der Waals surface area (Å²) in [7, 11) is 0. The fourth-order valence-corrected chi connectivity index (χ4v) is 2.70. The van der Waals surface area contributed by atoms with Crippen LogP contribution in [0.25, 0.3) is 0 Å². The second-order valence-electron chi connectivity index (χ2n) is 5.45. The van der Waals surface area contributed by atoms with E-state index in [1.807, 2.05) is 6.07 Å². The maximum absolute atomic E-state index is 6.16. The highest BCUT2D eigenvalue weighted by atomic mass is 35.5. The van der Waals surface area contributed by atoms with Crippen LogP contribution in [0.5, 0.6) is 5.75 Å². The van der Waals surface area contributed by atoms with Crippen molar-refractivity contribution in [2.24, 2.45) is 5.92 Å². The summed E-state index contributed by atoms with van der Waals surface area (Å²) in [6.45, 7) is 4.37. The molecule has 0 bridgehead atoms. The fraction of sp³-hybridized carbons (Fsp3) is 0.529. The first-order valence-corrected chi connectivity index (χ1v) is 7.54. The molecule has 102 valence electrons. The minimum atomic E-state index is 0.336. The van der Waals surface area contributed by atoms with Crippen LogP contribution in [-0.2, 0) is 0 Å². The Balaban J connectivity index is 2.14. The van der Waals surface area contributed by atoms with Gasteiger partial charge in [-0.1, -0.05) is 31.3 Å². The van der Waals surface area contributed by atoms with Gasteiger partial charge in [-0.15, -0.1) is 11.6 Å². The second-order valence-corrected chi connectivity index (χ2v) is 5.71. The summed E-state index contributed by atoms with van der Waals surface area (Å²) < 4.78 is 6.16. The van der Waals surface area contributed by atoms with Crippen molar-refractivity contribution in [1.82, 2.24) is 0 Å². The number of rotatable bonds is 2. The molecule has 1 aromatic rings. The zero-order chi connectivity index (χ0) is 13.7. The van der Waals surface area contributed by atoms with E-state index in [4.69, 9.17) is 16.3 Å². The van der Waals surface area contributed by atoms with E-state index in [9.17, 15) is 0 Å². The molecular formula is C17H21ClO. The lowest BCUT2D eigenvalue weighted by Crippen LogP contribution is -2.24. The molecule has 0 amide bonds. The van der Waals surface area contributed by atoms with Gasteiger partial charge < -0.3 is 4.74 Å². The maximum Gasteiger partial charge on any atom is 0.135 e. The van der Waals surface area contributed by atoms with E-state index in [-0.39, 0.29) is 0 Å². The van der Waals surface area contributed by atoms with E-state index in [1.165, 1.54) is 18.4 Å². The Labute approximate surface area is 121 Å². The summed E-state index contributed by atoms with van der Waals surface area (Å²) in [5, 5.41) is 0. The molecule has 0 radical (unpaired) electrons. The van der Waals surface area contributed by atoms with Crippen molar-refractivity contribution < 1.29 is 4.74 Å². The Bertz CT molecular complexity index is 484. The summed E-state index contributed by atoms with van der Waals surface area (Å²) in [5.74, 6) is 8.04. The van der Waals surface area contributed by atoms with Gasteiger partial charge in [0.2, 0.25) is 0 Å². The minimum Gasteiger partial charge on any atom is -0.489 e. The third kappa shape index (κ3) is 4.18. The predicted molar refractivity (Wildman–Crippen MR) is 80.8 cm³/mol. The van der Waals surface area contributed by atoms with Crippen molar-refractivity contribution >= 4 is 11.6 Å². The molecule has 0 spiro atoms. The summed E-state index contributed by atoms with van der Waals surface area (Å²) >= 11 is 5.64. The Hall–Kier alpha value is -1.13. The van der Waals surface area contributed by atoms with Crippen LogP contribution in [0.3, 0.4) is 0 Å². The Morgan fingerprint density at radius 2 is 2.21 bits per heavy atom. The van der Waals surface area contributed by atoms with Crippen LogP contribution in [0.2, 0.25) is 0 Å². The number of hydrogen-bond acceptors (Lipinski definition) is 1. The third-order valence-electron chi connectivity index (χ3n) is 3.61. The highest BCUT2D eigenvalue weighted by Gasteiger charge is 2.20. The quantitative estimate of drug-likeness (QED) is 0.569. The number of alkyl halides is 1. The Kier molecular flexibility index (Phi) is 5.16.